The molecule has 0 aliphatic carbocycles. The number of fused-ring (bicyclic) bond motifs is 1. The minimum atomic E-state index is -0.105. The number of allylic oxidation sites excluding steroid dienone is 1. The molecule has 0 atom stereocenters. The second-order valence-electron chi connectivity index (χ2n) is 2.60. The molecular weight excluding hydrogens is 306 g/mol. The molecule has 1 aromatic carbocycles. The number of nitrogens with zero attached hydrogens (tertiary/aromatic N) is 2. The van der Waals surface area contributed by atoms with E-state index >= 15 is 0 Å². The third-order valence-corrected chi connectivity index (χ3v) is 2.83. The fourth-order valence-electron chi connectivity index (χ4n) is 1.14. The predicted molar refractivity (Wildman–Crippen MR) is 54.4 cm³/mol. The Morgan fingerprint density at radius 3 is 2.80 bits per heavy atom. The SMILES string of the molecule is N#CC(N=O)=C1Nc2ccccc2S1.[Ag]. The second-order valence-corrected chi connectivity index (χ2v) is 3.66. The zero-order chi connectivity index (χ0) is 9.97. The van der Waals surface area contributed by atoms with Gasteiger partial charge in [0.05, 0.1) is 5.69 Å². The zero-order valence-corrected chi connectivity index (χ0v) is 9.62. The van der Waals surface area contributed by atoms with Gasteiger partial charge in [0.25, 0.3) is 0 Å². The quantitative estimate of drug-likeness (QED) is 0.492. The summed E-state index contributed by atoms with van der Waals surface area (Å²) in [5, 5.41) is 14.7. The molecular formula is C9H5AgN3OS. The summed E-state index contributed by atoms with van der Waals surface area (Å²) in [5.41, 5.74) is 0.801. The van der Waals surface area contributed by atoms with E-state index < -0.39 is 0 Å². The third-order valence-electron chi connectivity index (χ3n) is 1.76. The van der Waals surface area contributed by atoms with Gasteiger partial charge in [-0.05, 0) is 17.3 Å². The standard InChI is InChI=1S/C9H5N3OS.Ag/c10-5-7(12-13)9-11-6-3-1-2-4-8(6)14-9;/h1-4,11H;. The summed E-state index contributed by atoms with van der Waals surface area (Å²) < 4.78 is 0. The van der Waals surface area contributed by atoms with Gasteiger partial charge in [0.1, 0.15) is 11.1 Å². The van der Waals surface area contributed by atoms with Crippen LogP contribution in [0.2, 0.25) is 0 Å². The molecule has 15 heavy (non-hydrogen) atoms. The molecule has 2 rings (SSSR count). The van der Waals surface area contributed by atoms with Crippen LogP contribution in [0.4, 0.5) is 5.69 Å². The van der Waals surface area contributed by atoms with Crippen molar-refractivity contribution >= 4 is 17.4 Å². The first-order chi connectivity index (χ1) is 6.85. The number of rotatable bonds is 1. The van der Waals surface area contributed by atoms with Gasteiger partial charge in [-0.2, -0.15) is 5.26 Å². The summed E-state index contributed by atoms with van der Waals surface area (Å²) in [6.07, 6.45) is 0. The second kappa shape index (κ2) is 5.14. The molecule has 1 N–H and O–H groups in total. The summed E-state index contributed by atoms with van der Waals surface area (Å²) in [7, 11) is 0. The van der Waals surface area contributed by atoms with Crippen LogP contribution in [0.1, 0.15) is 0 Å². The maximum Gasteiger partial charge on any atom is 0.215 e. The summed E-state index contributed by atoms with van der Waals surface area (Å²) >= 11 is 1.35. The summed E-state index contributed by atoms with van der Waals surface area (Å²) in [6.45, 7) is 0. The molecule has 1 heterocycles. The average Bonchev–Trinajstić information content (AvgIpc) is 2.63. The van der Waals surface area contributed by atoms with E-state index in [1.807, 2.05) is 24.3 Å². The van der Waals surface area contributed by atoms with Crippen molar-refractivity contribution in [1.29, 1.82) is 5.26 Å². The summed E-state index contributed by atoms with van der Waals surface area (Å²) in [5.74, 6) is 0. The maximum atomic E-state index is 10.3. The van der Waals surface area contributed by atoms with Crippen LogP contribution < -0.4 is 5.32 Å². The Bertz CT molecular complexity index is 440. The first-order valence-electron chi connectivity index (χ1n) is 3.87. The number of hydrogen-bond acceptors (Lipinski definition) is 5. The topological polar surface area (TPSA) is 65.2 Å². The van der Waals surface area contributed by atoms with Gasteiger partial charge in [-0.25, -0.2) is 0 Å². The van der Waals surface area contributed by atoms with Crippen molar-refractivity contribution in [1.82, 2.24) is 0 Å². The van der Waals surface area contributed by atoms with E-state index in [9.17, 15) is 4.91 Å². The van der Waals surface area contributed by atoms with E-state index in [2.05, 4.69) is 10.5 Å². The van der Waals surface area contributed by atoms with Crippen LogP contribution >= 0.6 is 11.8 Å². The monoisotopic (exact) mass is 310 g/mol. The molecule has 6 heteroatoms. The van der Waals surface area contributed by atoms with Crippen LogP contribution in [0.3, 0.4) is 0 Å². The van der Waals surface area contributed by atoms with Crippen LogP contribution in [0, 0.1) is 16.2 Å². The number of nitroso groups, excluding NO2 is 1. The van der Waals surface area contributed by atoms with Crippen molar-refractivity contribution in [3.8, 4) is 6.07 Å². The number of anilines is 1. The van der Waals surface area contributed by atoms with Gasteiger partial charge >= 0.3 is 0 Å². The molecule has 1 aliphatic rings. The van der Waals surface area contributed by atoms with Crippen molar-refractivity contribution in [2.45, 2.75) is 4.90 Å². The molecule has 0 aromatic heterocycles. The first-order valence-corrected chi connectivity index (χ1v) is 4.68. The van der Waals surface area contributed by atoms with E-state index in [-0.39, 0.29) is 28.1 Å². The number of hydrogen-bond donors (Lipinski definition) is 1. The maximum absolute atomic E-state index is 10.3. The summed E-state index contributed by atoms with van der Waals surface area (Å²) in [6, 6.07) is 9.33. The Labute approximate surface area is 106 Å². The van der Waals surface area contributed by atoms with Gasteiger partial charge in [0.15, 0.2) is 0 Å². The van der Waals surface area contributed by atoms with Crippen LogP contribution in [-0.2, 0) is 22.4 Å². The number of nitrogens with one attached hydrogen (secondary N) is 1. The third kappa shape index (κ3) is 2.30. The minimum absolute atomic E-state index is 0. The fraction of sp³-hybridized carbons (Fsp3) is 0. The number of nitriles is 1. The van der Waals surface area contributed by atoms with Gasteiger partial charge in [-0.15, -0.1) is 4.91 Å². The minimum Gasteiger partial charge on any atom is -0.347 e. The Balaban J connectivity index is 0.00000112. The molecule has 79 valence electrons. The van der Waals surface area contributed by atoms with Gasteiger partial charge in [0.2, 0.25) is 5.70 Å². The van der Waals surface area contributed by atoms with Crippen molar-refractivity contribution in [2.75, 3.05) is 5.32 Å². The molecule has 0 fully saturated rings. The molecule has 1 aliphatic heterocycles. The fourth-order valence-corrected chi connectivity index (χ4v) is 2.07. The number of thioether (sulfide) groups is 1. The molecule has 0 saturated carbocycles. The van der Waals surface area contributed by atoms with E-state index in [1.54, 1.807) is 6.07 Å². The Morgan fingerprint density at radius 2 is 2.20 bits per heavy atom. The number of para-hydroxylation sites is 1. The summed E-state index contributed by atoms with van der Waals surface area (Å²) in [4.78, 5) is 11.3. The molecule has 1 radical (unpaired) electrons. The van der Waals surface area contributed by atoms with Gasteiger partial charge in [0, 0.05) is 27.3 Å². The van der Waals surface area contributed by atoms with Gasteiger partial charge in [-0.1, -0.05) is 23.9 Å². The van der Waals surface area contributed by atoms with E-state index in [1.165, 1.54) is 11.8 Å². The molecule has 0 amide bonds. The van der Waals surface area contributed by atoms with E-state index in [0.29, 0.717) is 5.03 Å². The molecule has 0 unspecified atom stereocenters. The van der Waals surface area contributed by atoms with Crippen LogP contribution in [0.15, 0.2) is 45.1 Å². The van der Waals surface area contributed by atoms with Crippen molar-refractivity contribution in [2.24, 2.45) is 5.18 Å². The van der Waals surface area contributed by atoms with Crippen molar-refractivity contribution in [3.05, 3.63) is 39.9 Å². The zero-order valence-electron chi connectivity index (χ0n) is 7.32. The van der Waals surface area contributed by atoms with Crippen molar-refractivity contribution < 1.29 is 22.4 Å². The molecule has 4 nitrogen and oxygen atoms in total. The van der Waals surface area contributed by atoms with Gasteiger partial charge in [-0.3, -0.25) is 0 Å². The van der Waals surface area contributed by atoms with Crippen molar-refractivity contribution in [3.63, 3.8) is 0 Å². The van der Waals surface area contributed by atoms with Gasteiger partial charge < -0.3 is 5.32 Å². The normalized spacial score (nSPS) is 15.4. The molecule has 0 spiro atoms. The van der Waals surface area contributed by atoms with Crippen LogP contribution in [0.5, 0.6) is 0 Å². The number of benzene rings is 1. The first kappa shape index (κ1) is 12.0. The molecule has 0 bridgehead atoms. The van der Waals surface area contributed by atoms with E-state index in [0.717, 1.165) is 10.6 Å². The smallest absolute Gasteiger partial charge is 0.215 e. The van der Waals surface area contributed by atoms with Crippen LogP contribution in [-0.4, -0.2) is 0 Å². The Hall–Kier alpha value is -1.06. The Kier molecular flexibility index (Phi) is 4.12. The Morgan fingerprint density at radius 1 is 1.47 bits per heavy atom. The molecule has 0 saturated heterocycles. The van der Waals surface area contributed by atoms with Crippen LogP contribution in [0.25, 0.3) is 0 Å². The average molecular weight is 311 g/mol. The molecule has 1 aromatic rings. The largest absolute Gasteiger partial charge is 0.347 e. The predicted octanol–water partition coefficient (Wildman–Crippen LogP) is 2.66. The van der Waals surface area contributed by atoms with E-state index in [4.69, 9.17) is 5.26 Å².